The van der Waals surface area contributed by atoms with Gasteiger partial charge in [-0.2, -0.15) is 0 Å². The third-order valence-electron chi connectivity index (χ3n) is 2.31. The number of hydrogen-bond donors (Lipinski definition) is 1. The molecule has 0 aliphatic rings. The molecule has 98 valence electrons. The smallest absolute Gasteiger partial charge is 0.165 e. The van der Waals surface area contributed by atoms with Crippen LogP contribution in [0, 0.1) is 18.2 Å². The van der Waals surface area contributed by atoms with Crippen LogP contribution in [-0.2, 0) is 11.3 Å². The zero-order valence-corrected chi connectivity index (χ0v) is 10.5. The standard InChI is InChI=1S/C14H18FNO2/c1-3-4-8-18-14-6-5-12(10-13(14)15)11-16-7-9-17-2/h1,5-6,10,16H,4,7-9,11H2,2H3. The fourth-order valence-corrected chi connectivity index (χ4v) is 1.40. The molecule has 1 rings (SSSR count). The van der Waals surface area contributed by atoms with Gasteiger partial charge in [-0.3, -0.25) is 0 Å². The summed E-state index contributed by atoms with van der Waals surface area (Å²) in [4.78, 5) is 0. The molecular formula is C14H18FNO2. The molecule has 1 aromatic rings. The van der Waals surface area contributed by atoms with Crippen LogP contribution in [0.25, 0.3) is 0 Å². The van der Waals surface area contributed by atoms with E-state index in [1.54, 1.807) is 13.2 Å². The van der Waals surface area contributed by atoms with Crippen molar-refractivity contribution >= 4 is 0 Å². The van der Waals surface area contributed by atoms with Crippen molar-refractivity contribution in [3.63, 3.8) is 0 Å². The van der Waals surface area contributed by atoms with Crippen molar-refractivity contribution in [2.24, 2.45) is 0 Å². The van der Waals surface area contributed by atoms with Crippen LogP contribution in [0.1, 0.15) is 12.0 Å². The summed E-state index contributed by atoms with van der Waals surface area (Å²) in [6, 6.07) is 4.91. The molecule has 1 N–H and O–H groups in total. The molecule has 3 nitrogen and oxygen atoms in total. The number of methoxy groups -OCH3 is 1. The molecule has 0 unspecified atom stereocenters. The molecule has 0 fully saturated rings. The molecule has 0 aliphatic heterocycles. The van der Waals surface area contributed by atoms with Gasteiger partial charge in [0.2, 0.25) is 0 Å². The Balaban J connectivity index is 2.43. The van der Waals surface area contributed by atoms with Gasteiger partial charge in [-0.25, -0.2) is 4.39 Å². The Morgan fingerprint density at radius 3 is 2.89 bits per heavy atom. The van der Waals surface area contributed by atoms with E-state index in [1.165, 1.54) is 6.07 Å². The van der Waals surface area contributed by atoms with Crippen molar-refractivity contribution < 1.29 is 13.9 Å². The molecule has 0 saturated heterocycles. The van der Waals surface area contributed by atoms with Gasteiger partial charge in [0, 0.05) is 26.6 Å². The van der Waals surface area contributed by atoms with Crippen LogP contribution in [0.3, 0.4) is 0 Å². The molecule has 4 heteroatoms. The zero-order chi connectivity index (χ0) is 13.2. The number of terminal acetylenes is 1. The van der Waals surface area contributed by atoms with Crippen molar-refractivity contribution in [1.29, 1.82) is 0 Å². The van der Waals surface area contributed by atoms with Crippen molar-refractivity contribution in [3.8, 4) is 18.1 Å². The van der Waals surface area contributed by atoms with E-state index in [0.29, 0.717) is 26.2 Å². The maximum absolute atomic E-state index is 13.6. The molecule has 0 bridgehead atoms. The lowest BCUT2D eigenvalue weighted by Gasteiger charge is -2.08. The maximum Gasteiger partial charge on any atom is 0.165 e. The molecule has 0 heterocycles. The molecule has 0 atom stereocenters. The molecule has 0 aromatic heterocycles. The average molecular weight is 251 g/mol. The predicted molar refractivity (Wildman–Crippen MR) is 68.9 cm³/mol. The van der Waals surface area contributed by atoms with Crippen LogP contribution in [-0.4, -0.2) is 26.9 Å². The summed E-state index contributed by atoms with van der Waals surface area (Å²) in [5, 5.41) is 3.14. The van der Waals surface area contributed by atoms with Crippen molar-refractivity contribution in [2.75, 3.05) is 26.9 Å². The third-order valence-corrected chi connectivity index (χ3v) is 2.31. The lowest BCUT2D eigenvalue weighted by Crippen LogP contribution is -2.18. The van der Waals surface area contributed by atoms with E-state index in [9.17, 15) is 4.39 Å². The molecular weight excluding hydrogens is 233 g/mol. The van der Waals surface area contributed by atoms with E-state index in [-0.39, 0.29) is 11.6 Å². The summed E-state index contributed by atoms with van der Waals surface area (Å²) in [7, 11) is 1.64. The van der Waals surface area contributed by atoms with E-state index < -0.39 is 0 Å². The summed E-state index contributed by atoms with van der Waals surface area (Å²) in [5.74, 6) is 2.32. The van der Waals surface area contributed by atoms with E-state index in [2.05, 4.69) is 11.2 Å². The van der Waals surface area contributed by atoms with Crippen LogP contribution < -0.4 is 10.1 Å². The summed E-state index contributed by atoms with van der Waals surface area (Å²) < 4.78 is 23.7. The molecule has 0 spiro atoms. The van der Waals surface area contributed by atoms with E-state index in [0.717, 1.165) is 12.1 Å². The summed E-state index contributed by atoms with van der Waals surface area (Å²) >= 11 is 0. The van der Waals surface area contributed by atoms with Crippen LogP contribution >= 0.6 is 0 Å². The first-order valence-electron chi connectivity index (χ1n) is 5.82. The fourth-order valence-electron chi connectivity index (χ4n) is 1.40. The summed E-state index contributed by atoms with van der Waals surface area (Å²) in [5.41, 5.74) is 0.868. The van der Waals surface area contributed by atoms with Crippen LogP contribution in [0.15, 0.2) is 18.2 Å². The number of ether oxygens (including phenoxy) is 2. The second-order valence-corrected chi connectivity index (χ2v) is 3.74. The normalized spacial score (nSPS) is 10.1. The highest BCUT2D eigenvalue weighted by atomic mass is 19.1. The highest BCUT2D eigenvalue weighted by Gasteiger charge is 2.04. The second kappa shape index (κ2) is 8.51. The Morgan fingerprint density at radius 1 is 1.39 bits per heavy atom. The topological polar surface area (TPSA) is 30.5 Å². The van der Waals surface area contributed by atoms with Gasteiger partial charge in [0.25, 0.3) is 0 Å². The fraction of sp³-hybridized carbons (Fsp3) is 0.429. The quantitative estimate of drug-likeness (QED) is 0.566. The Labute approximate surface area is 107 Å². The summed E-state index contributed by atoms with van der Waals surface area (Å²) in [6.45, 7) is 2.30. The largest absolute Gasteiger partial charge is 0.490 e. The first kappa shape index (κ1) is 14.5. The van der Waals surface area contributed by atoms with Gasteiger partial charge in [0.15, 0.2) is 11.6 Å². The van der Waals surface area contributed by atoms with Crippen molar-refractivity contribution in [2.45, 2.75) is 13.0 Å². The van der Waals surface area contributed by atoms with Gasteiger partial charge in [0.05, 0.1) is 13.2 Å². The van der Waals surface area contributed by atoms with E-state index >= 15 is 0 Å². The van der Waals surface area contributed by atoms with Gasteiger partial charge in [-0.05, 0) is 17.7 Å². The first-order chi connectivity index (χ1) is 8.77. The molecule has 0 saturated carbocycles. The average Bonchev–Trinajstić information content (AvgIpc) is 2.37. The van der Waals surface area contributed by atoms with Crippen LogP contribution in [0.5, 0.6) is 5.75 Å². The number of halogens is 1. The Bertz CT molecular complexity index is 401. The molecule has 1 aromatic carbocycles. The van der Waals surface area contributed by atoms with Crippen LogP contribution in [0.2, 0.25) is 0 Å². The lowest BCUT2D eigenvalue weighted by molar-refractivity contribution is 0.199. The van der Waals surface area contributed by atoms with Crippen LogP contribution in [0.4, 0.5) is 4.39 Å². The van der Waals surface area contributed by atoms with Crippen molar-refractivity contribution in [3.05, 3.63) is 29.6 Å². The van der Waals surface area contributed by atoms with Gasteiger partial charge in [0.1, 0.15) is 0 Å². The minimum atomic E-state index is -0.363. The Morgan fingerprint density at radius 2 is 2.22 bits per heavy atom. The highest BCUT2D eigenvalue weighted by molar-refractivity contribution is 5.29. The van der Waals surface area contributed by atoms with E-state index in [1.807, 2.05) is 6.07 Å². The van der Waals surface area contributed by atoms with Gasteiger partial charge in [-0.1, -0.05) is 6.07 Å². The minimum absolute atomic E-state index is 0.242. The number of rotatable bonds is 8. The molecule has 18 heavy (non-hydrogen) atoms. The number of nitrogens with one attached hydrogen (secondary N) is 1. The second-order valence-electron chi connectivity index (χ2n) is 3.74. The highest BCUT2D eigenvalue weighted by Crippen LogP contribution is 2.18. The molecule has 0 aliphatic carbocycles. The Hall–Kier alpha value is -1.57. The minimum Gasteiger partial charge on any atom is -0.490 e. The van der Waals surface area contributed by atoms with E-state index in [4.69, 9.17) is 15.9 Å². The van der Waals surface area contributed by atoms with Gasteiger partial charge < -0.3 is 14.8 Å². The molecule has 0 radical (unpaired) electrons. The third kappa shape index (κ3) is 5.17. The molecule has 0 amide bonds. The van der Waals surface area contributed by atoms with Gasteiger partial charge in [-0.15, -0.1) is 12.3 Å². The van der Waals surface area contributed by atoms with Gasteiger partial charge >= 0.3 is 0 Å². The number of hydrogen-bond acceptors (Lipinski definition) is 3. The number of benzene rings is 1. The predicted octanol–water partition coefficient (Wildman–Crippen LogP) is 1.96. The summed E-state index contributed by atoms with van der Waals surface area (Å²) in [6.07, 6.45) is 5.56. The maximum atomic E-state index is 13.6. The first-order valence-corrected chi connectivity index (χ1v) is 5.82. The van der Waals surface area contributed by atoms with Crippen molar-refractivity contribution in [1.82, 2.24) is 5.32 Å². The SMILES string of the molecule is C#CCCOc1ccc(CNCCOC)cc1F. The monoisotopic (exact) mass is 251 g/mol. The Kier molecular flexibility index (Phi) is 6.85. The lowest BCUT2D eigenvalue weighted by atomic mass is 10.2. The zero-order valence-electron chi connectivity index (χ0n) is 10.5.